The van der Waals surface area contributed by atoms with Gasteiger partial charge in [-0.3, -0.25) is 9.48 Å². The molecule has 0 spiro atoms. The number of carbonyl (C=O) groups excluding carboxylic acids is 1. The molecular weight excluding hydrogens is 356 g/mol. The molecule has 0 N–H and O–H groups in total. The monoisotopic (exact) mass is 380 g/mol. The summed E-state index contributed by atoms with van der Waals surface area (Å²) in [6.07, 6.45) is 0.846. The van der Waals surface area contributed by atoms with Crippen molar-refractivity contribution in [3.05, 3.63) is 56.7 Å². The van der Waals surface area contributed by atoms with Crippen LogP contribution in [0.2, 0.25) is 0 Å². The number of aryl methyl sites for hydroxylation is 4. The van der Waals surface area contributed by atoms with Gasteiger partial charge in [0.1, 0.15) is 6.54 Å². The van der Waals surface area contributed by atoms with Crippen LogP contribution in [0.1, 0.15) is 39.3 Å². The standard InChI is InChI=1S/C21H24N4OS/c1-5-17-9-18(16-7-6-13(2)14(3)8-16)23-25(17)12-21(26)24-10-19-20(11-24)27-15(4)22-19/h6-9H,5,10-12H2,1-4H3. The maximum atomic E-state index is 12.8. The number of hydrogen-bond donors (Lipinski definition) is 0. The Morgan fingerprint density at radius 1 is 1.15 bits per heavy atom. The van der Waals surface area contributed by atoms with Gasteiger partial charge >= 0.3 is 0 Å². The first-order valence-corrected chi connectivity index (χ1v) is 10.1. The Kier molecular flexibility index (Phi) is 4.60. The summed E-state index contributed by atoms with van der Waals surface area (Å²) in [7, 11) is 0. The van der Waals surface area contributed by atoms with Crippen molar-refractivity contribution in [3.63, 3.8) is 0 Å². The highest BCUT2D eigenvalue weighted by atomic mass is 32.1. The first kappa shape index (κ1) is 17.9. The quantitative estimate of drug-likeness (QED) is 0.686. The van der Waals surface area contributed by atoms with Crippen molar-refractivity contribution in [2.75, 3.05) is 0 Å². The predicted molar refractivity (Wildman–Crippen MR) is 108 cm³/mol. The van der Waals surface area contributed by atoms with Gasteiger partial charge in [0.2, 0.25) is 5.91 Å². The van der Waals surface area contributed by atoms with Gasteiger partial charge in [-0.1, -0.05) is 19.1 Å². The van der Waals surface area contributed by atoms with Gasteiger partial charge in [0.25, 0.3) is 0 Å². The molecule has 27 heavy (non-hydrogen) atoms. The van der Waals surface area contributed by atoms with Crippen molar-refractivity contribution in [3.8, 4) is 11.3 Å². The lowest BCUT2D eigenvalue weighted by atomic mass is 10.0. The number of fused-ring (bicyclic) bond motifs is 1. The molecule has 3 aromatic rings. The molecule has 0 radical (unpaired) electrons. The van der Waals surface area contributed by atoms with Crippen LogP contribution in [-0.4, -0.2) is 25.6 Å². The zero-order chi connectivity index (χ0) is 19.1. The number of benzene rings is 1. The van der Waals surface area contributed by atoms with Crippen LogP contribution in [0.25, 0.3) is 11.3 Å². The highest BCUT2D eigenvalue weighted by Gasteiger charge is 2.27. The smallest absolute Gasteiger partial charge is 0.244 e. The van der Waals surface area contributed by atoms with Crippen LogP contribution in [0.4, 0.5) is 0 Å². The minimum atomic E-state index is 0.0993. The van der Waals surface area contributed by atoms with Gasteiger partial charge in [0, 0.05) is 16.1 Å². The summed E-state index contributed by atoms with van der Waals surface area (Å²) in [5, 5.41) is 5.82. The van der Waals surface area contributed by atoms with Crippen LogP contribution in [0.3, 0.4) is 0 Å². The Labute approximate surface area is 163 Å². The average molecular weight is 381 g/mol. The molecule has 0 atom stereocenters. The summed E-state index contributed by atoms with van der Waals surface area (Å²) in [5.41, 5.74) is 6.69. The number of amides is 1. The van der Waals surface area contributed by atoms with Crippen molar-refractivity contribution >= 4 is 17.2 Å². The Bertz CT molecular complexity index is 994. The van der Waals surface area contributed by atoms with Crippen LogP contribution in [-0.2, 0) is 30.8 Å². The highest BCUT2D eigenvalue weighted by Crippen LogP contribution is 2.28. The first-order chi connectivity index (χ1) is 12.9. The maximum Gasteiger partial charge on any atom is 0.244 e. The minimum absolute atomic E-state index is 0.0993. The van der Waals surface area contributed by atoms with E-state index in [-0.39, 0.29) is 12.5 Å². The second kappa shape index (κ2) is 6.93. The fourth-order valence-electron chi connectivity index (χ4n) is 3.49. The maximum absolute atomic E-state index is 12.8. The van der Waals surface area contributed by atoms with E-state index in [9.17, 15) is 4.79 Å². The van der Waals surface area contributed by atoms with Crippen molar-refractivity contribution in [2.45, 2.75) is 53.8 Å². The zero-order valence-corrected chi connectivity index (χ0v) is 17.1. The van der Waals surface area contributed by atoms with E-state index in [0.717, 1.165) is 34.1 Å². The lowest BCUT2D eigenvalue weighted by molar-refractivity contribution is -0.132. The van der Waals surface area contributed by atoms with E-state index in [2.05, 4.69) is 50.0 Å². The molecule has 0 fully saturated rings. The molecule has 1 aliphatic heterocycles. The van der Waals surface area contributed by atoms with Crippen LogP contribution < -0.4 is 0 Å². The summed E-state index contributed by atoms with van der Waals surface area (Å²) in [4.78, 5) is 20.4. The topological polar surface area (TPSA) is 51.0 Å². The fourth-order valence-corrected chi connectivity index (χ4v) is 4.45. The van der Waals surface area contributed by atoms with Crippen LogP contribution >= 0.6 is 11.3 Å². The molecular formula is C21H24N4OS. The largest absolute Gasteiger partial charge is 0.330 e. The van der Waals surface area contributed by atoms with E-state index >= 15 is 0 Å². The number of hydrogen-bond acceptors (Lipinski definition) is 4. The van der Waals surface area contributed by atoms with E-state index in [0.29, 0.717) is 13.1 Å². The van der Waals surface area contributed by atoms with Gasteiger partial charge in [0.15, 0.2) is 0 Å². The Hall–Kier alpha value is -2.47. The predicted octanol–water partition coefficient (Wildman–Crippen LogP) is 4.04. The van der Waals surface area contributed by atoms with Gasteiger partial charge in [0.05, 0.1) is 29.5 Å². The molecule has 3 heterocycles. The molecule has 0 saturated carbocycles. The van der Waals surface area contributed by atoms with Crippen LogP contribution in [0.15, 0.2) is 24.3 Å². The number of nitrogens with zero attached hydrogens (tertiary/aromatic N) is 4. The lowest BCUT2D eigenvalue weighted by Gasteiger charge is -2.16. The molecule has 0 unspecified atom stereocenters. The second-order valence-electron chi connectivity index (χ2n) is 7.18. The molecule has 0 bridgehead atoms. The molecule has 140 valence electrons. The SMILES string of the molecule is CCc1cc(-c2ccc(C)c(C)c2)nn1CC(=O)N1Cc2nc(C)sc2C1. The summed E-state index contributed by atoms with van der Waals surface area (Å²) in [6.45, 7) is 9.91. The summed E-state index contributed by atoms with van der Waals surface area (Å²) in [5.74, 6) is 0.0993. The molecule has 6 heteroatoms. The first-order valence-electron chi connectivity index (χ1n) is 9.32. The van der Waals surface area contributed by atoms with Gasteiger partial charge in [-0.2, -0.15) is 5.10 Å². The zero-order valence-electron chi connectivity index (χ0n) is 16.2. The molecule has 4 rings (SSSR count). The van der Waals surface area contributed by atoms with E-state index in [4.69, 9.17) is 5.10 Å². The van der Waals surface area contributed by atoms with E-state index < -0.39 is 0 Å². The molecule has 5 nitrogen and oxygen atoms in total. The third kappa shape index (κ3) is 3.41. The molecule has 0 saturated heterocycles. The second-order valence-corrected chi connectivity index (χ2v) is 8.47. The fraction of sp³-hybridized carbons (Fsp3) is 0.381. The number of thiazole rings is 1. The molecule has 0 aliphatic carbocycles. The molecule has 2 aromatic heterocycles. The molecule has 1 aliphatic rings. The summed E-state index contributed by atoms with van der Waals surface area (Å²) >= 11 is 1.69. The van der Waals surface area contributed by atoms with Crippen molar-refractivity contribution in [1.29, 1.82) is 0 Å². The van der Waals surface area contributed by atoms with E-state index in [1.165, 1.54) is 16.0 Å². The molecule has 1 aromatic carbocycles. The van der Waals surface area contributed by atoms with Crippen molar-refractivity contribution in [1.82, 2.24) is 19.7 Å². The van der Waals surface area contributed by atoms with Gasteiger partial charge < -0.3 is 4.90 Å². The van der Waals surface area contributed by atoms with Crippen LogP contribution in [0, 0.1) is 20.8 Å². The lowest BCUT2D eigenvalue weighted by Crippen LogP contribution is -2.30. The number of rotatable bonds is 4. The summed E-state index contributed by atoms with van der Waals surface area (Å²) in [6, 6.07) is 8.49. The molecule has 1 amide bonds. The third-order valence-corrected chi connectivity index (χ3v) is 6.22. The van der Waals surface area contributed by atoms with Crippen molar-refractivity contribution < 1.29 is 4.79 Å². The number of aromatic nitrogens is 3. The Balaban J connectivity index is 1.53. The highest BCUT2D eigenvalue weighted by molar-refractivity contribution is 7.11. The normalized spacial score (nSPS) is 13.3. The third-order valence-electron chi connectivity index (χ3n) is 5.23. The van der Waals surface area contributed by atoms with Crippen LogP contribution in [0.5, 0.6) is 0 Å². The summed E-state index contributed by atoms with van der Waals surface area (Å²) < 4.78 is 1.86. The Morgan fingerprint density at radius 3 is 2.67 bits per heavy atom. The van der Waals surface area contributed by atoms with Crippen molar-refractivity contribution in [2.24, 2.45) is 0 Å². The number of carbonyl (C=O) groups is 1. The van der Waals surface area contributed by atoms with E-state index in [1.54, 1.807) is 11.3 Å². The van der Waals surface area contributed by atoms with Gasteiger partial charge in [-0.05, 0) is 50.5 Å². The van der Waals surface area contributed by atoms with Gasteiger partial charge in [-0.15, -0.1) is 11.3 Å². The average Bonchev–Trinajstić information content (AvgIpc) is 3.29. The van der Waals surface area contributed by atoms with E-state index in [1.807, 2.05) is 16.5 Å². The van der Waals surface area contributed by atoms with Gasteiger partial charge in [-0.25, -0.2) is 4.98 Å². The minimum Gasteiger partial charge on any atom is -0.330 e. The Morgan fingerprint density at radius 2 is 1.96 bits per heavy atom.